The molecule has 0 aliphatic carbocycles. The van der Waals surface area contributed by atoms with Crippen LogP contribution in [0.4, 0.5) is 0 Å². The number of alkyl halides is 2. The molecule has 0 nitrogen and oxygen atoms in total. The van der Waals surface area contributed by atoms with Gasteiger partial charge in [0.05, 0.1) is 0 Å². The average molecular weight is 342 g/mol. The molecule has 0 bridgehead atoms. The fourth-order valence-corrected chi connectivity index (χ4v) is 2.57. The second kappa shape index (κ2) is 15.0. The molecule has 0 aromatic rings. The maximum absolute atomic E-state index is 3.47. The van der Waals surface area contributed by atoms with E-state index in [4.69, 9.17) is 0 Å². The van der Waals surface area contributed by atoms with E-state index in [-0.39, 0.29) is 0 Å². The van der Waals surface area contributed by atoms with E-state index in [1.807, 2.05) is 0 Å². The summed E-state index contributed by atoms with van der Waals surface area (Å²) in [4.78, 5) is 0. The van der Waals surface area contributed by atoms with Crippen LogP contribution in [-0.2, 0) is 0 Å². The summed E-state index contributed by atoms with van der Waals surface area (Å²) in [7, 11) is 0. The molecule has 15 heavy (non-hydrogen) atoms. The predicted molar refractivity (Wildman–Crippen MR) is 78.4 cm³/mol. The van der Waals surface area contributed by atoms with Crippen molar-refractivity contribution in [1.29, 1.82) is 0 Å². The molecule has 0 unspecified atom stereocenters. The van der Waals surface area contributed by atoms with Crippen LogP contribution in [0.5, 0.6) is 0 Å². The molecular formula is C13H26Br2. The third-order valence-electron chi connectivity index (χ3n) is 2.77. The van der Waals surface area contributed by atoms with Crippen molar-refractivity contribution in [3.05, 3.63) is 0 Å². The predicted octanol–water partition coefficient (Wildman–Crippen LogP) is 6.07. The second-order valence-electron chi connectivity index (χ2n) is 4.27. The number of rotatable bonds is 12. The van der Waals surface area contributed by atoms with Gasteiger partial charge in [0.2, 0.25) is 0 Å². The van der Waals surface area contributed by atoms with Gasteiger partial charge < -0.3 is 0 Å². The lowest BCUT2D eigenvalue weighted by molar-refractivity contribution is 0.556. The standard InChI is InChI=1S/C13H26Br2/c14-12-10-8-6-4-2-1-3-5-7-9-11-13-15/h1-13H2. The Kier molecular flexibility index (Phi) is 15.9. The summed E-state index contributed by atoms with van der Waals surface area (Å²) in [5, 5.41) is 2.36. The zero-order chi connectivity index (χ0) is 11.2. The molecule has 0 amide bonds. The van der Waals surface area contributed by atoms with Crippen molar-refractivity contribution in [2.24, 2.45) is 0 Å². The van der Waals surface area contributed by atoms with Crippen molar-refractivity contribution in [1.82, 2.24) is 0 Å². The monoisotopic (exact) mass is 340 g/mol. The molecule has 0 aliphatic heterocycles. The highest BCUT2D eigenvalue weighted by Crippen LogP contribution is 2.11. The molecule has 0 saturated carbocycles. The third-order valence-corrected chi connectivity index (χ3v) is 3.89. The molecule has 0 aliphatic rings. The van der Waals surface area contributed by atoms with Gasteiger partial charge in [-0.15, -0.1) is 0 Å². The largest absolute Gasteiger partial charge is 0.0928 e. The summed E-state index contributed by atoms with van der Waals surface area (Å²) in [5.74, 6) is 0. The van der Waals surface area contributed by atoms with Crippen LogP contribution >= 0.6 is 31.9 Å². The second-order valence-corrected chi connectivity index (χ2v) is 5.85. The van der Waals surface area contributed by atoms with E-state index in [0.29, 0.717) is 0 Å². The normalized spacial score (nSPS) is 10.8. The minimum atomic E-state index is 1.18. The van der Waals surface area contributed by atoms with Gasteiger partial charge in [0.1, 0.15) is 0 Å². The smallest absolute Gasteiger partial charge is 0.00313 e. The van der Waals surface area contributed by atoms with E-state index in [1.54, 1.807) is 0 Å². The van der Waals surface area contributed by atoms with E-state index in [0.717, 1.165) is 0 Å². The van der Waals surface area contributed by atoms with Gasteiger partial charge in [-0.05, 0) is 12.8 Å². The van der Waals surface area contributed by atoms with Gasteiger partial charge in [-0.25, -0.2) is 0 Å². The average Bonchev–Trinajstić information content (AvgIpc) is 2.26. The molecule has 0 N–H and O–H groups in total. The Labute approximate surface area is 113 Å². The van der Waals surface area contributed by atoms with E-state index in [9.17, 15) is 0 Å². The molecule has 0 saturated heterocycles. The van der Waals surface area contributed by atoms with Crippen LogP contribution in [0.2, 0.25) is 0 Å². The first-order valence-electron chi connectivity index (χ1n) is 6.53. The fourth-order valence-electron chi connectivity index (χ4n) is 1.78. The molecule has 0 atom stereocenters. The summed E-state index contributed by atoms with van der Waals surface area (Å²) < 4.78 is 0. The fraction of sp³-hybridized carbons (Fsp3) is 1.00. The van der Waals surface area contributed by atoms with Crippen LogP contribution in [0.3, 0.4) is 0 Å². The van der Waals surface area contributed by atoms with Gasteiger partial charge in [0.25, 0.3) is 0 Å². The molecule has 0 heterocycles. The molecule has 0 aromatic heterocycles. The van der Waals surface area contributed by atoms with Crippen molar-refractivity contribution >= 4 is 31.9 Å². The van der Waals surface area contributed by atoms with Crippen molar-refractivity contribution in [3.63, 3.8) is 0 Å². The highest BCUT2D eigenvalue weighted by molar-refractivity contribution is 9.09. The SMILES string of the molecule is BrCCCCCCCCCCCCCBr. The molecule has 92 valence electrons. The lowest BCUT2D eigenvalue weighted by atomic mass is 10.1. The van der Waals surface area contributed by atoms with Gasteiger partial charge in [0, 0.05) is 10.7 Å². The van der Waals surface area contributed by atoms with E-state index < -0.39 is 0 Å². The van der Waals surface area contributed by atoms with Crippen LogP contribution in [-0.4, -0.2) is 10.7 Å². The van der Waals surface area contributed by atoms with Crippen molar-refractivity contribution in [2.75, 3.05) is 10.7 Å². The van der Waals surface area contributed by atoms with Crippen molar-refractivity contribution in [2.45, 2.75) is 70.6 Å². The molecule has 0 rings (SSSR count). The highest BCUT2D eigenvalue weighted by Gasteiger charge is 1.92. The summed E-state index contributed by atoms with van der Waals surface area (Å²) in [6.07, 6.45) is 15.7. The number of unbranched alkanes of at least 4 members (excludes halogenated alkanes) is 10. The Morgan fingerprint density at radius 1 is 0.333 bits per heavy atom. The lowest BCUT2D eigenvalue weighted by Gasteiger charge is -2.01. The minimum absolute atomic E-state index is 1.18. The van der Waals surface area contributed by atoms with Gasteiger partial charge in [-0.1, -0.05) is 89.6 Å². The van der Waals surface area contributed by atoms with Gasteiger partial charge in [0.15, 0.2) is 0 Å². The Balaban J connectivity index is 2.81. The summed E-state index contributed by atoms with van der Waals surface area (Å²) >= 11 is 6.94. The lowest BCUT2D eigenvalue weighted by Crippen LogP contribution is -1.83. The first kappa shape index (κ1) is 16.0. The molecular weight excluding hydrogens is 316 g/mol. The summed E-state index contributed by atoms with van der Waals surface area (Å²) in [6.45, 7) is 0. The quantitative estimate of drug-likeness (QED) is 0.298. The first-order valence-corrected chi connectivity index (χ1v) is 8.78. The van der Waals surface area contributed by atoms with Gasteiger partial charge in [-0.3, -0.25) is 0 Å². The van der Waals surface area contributed by atoms with Crippen LogP contribution in [0.1, 0.15) is 70.6 Å². The van der Waals surface area contributed by atoms with Gasteiger partial charge >= 0.3 is 0 Å². The maximum atomic E-state index is 3.47. The van der Waals surface area contributed by atoms with E-state index in [2.05, 4.69) is 31.9 Å². The van der Waals surface area contributed by atoms with E-state index >= 15 is 0 Å². The topological polar surface area (TPSA) is 0 Å². The maximum Gasteiger partial charge on any atom is 0.00313 e. The number of hydrogen-bond donors (Lipinski definition) is 0. The Morgan fingerprint density at radius 2 is 0.533 bits per heavy atom. The summed E-state index contributed by atoms with van der Waals surface area (Å²) in [6, 6.07) is 0. The number of halogens is 2. The van der Waals surface area contributed by atoms with Crippen LogP contribution in [0.15, 0.2) is 0 Å². The molecule has 0 spiro atoms. The molecule has 0 radical (unpaired) electrons. The Hall–Kier alpha value is 0.960. The zero-order valence-electron chi connectivity index (χ0n) is 9.95. The van der Waals surface area contributed by atoms with E-state index in [1.165, 1.54) is 81.3 Å². The molecule has 2 heteroatoms. The van der Waals surface area contributed by atoms with Crippen LogP contribution in [0, 0.1) is 0 Å². The minimum Gasteiger partial charge on any atom is -0.0928 e. The molecule has 0 fully saturated rings. The van der Waals surface area contributed by atoms with Crippen LogP contribution in [0.25, 0.3) is 0 Å². The third kappa shape index (κ3) is 15.0. The first-order chi connectivity index (χ1) is 7.41. The number of hydrogen-bond acceptors (Lipinski definition) is 0. The van der Waals surface area contributed by atoms with Crippen molar-refractivity contribution in [3.8, 4) is 0 Å². The summed E-state index contributed by atoms with van der Waals surface area (Å²) in [5.41, 5.74) is 0. The Morgan fingerprint density at radius 3 is 0.733 bits per heavy atom. The Bertz CT molecular complexity index is 92.7. The molecule has 0 aromatic carbocycles. The highest BCUT2D eigenvalue weighted by atomic mass is 79.9. The van der Waals surface area contributed by atoms with Crippen LogP contribution < -0.4 is 0 Å². The van der Waals surface area contributed by atoms with Gasteiger partial charge in [-0.2, -0.15) is 0 Å². The zero-order valence-corrected chi connectivity index (χ0v) is 13.1. The van der Waals surface area contributed by atoms with Crippen molar-refractivity contribution < 1.29 is 0 Å².